The van der Waals surface area contributed by atoms with Crippen molar-refractivity contribution in [2.24, 2.45) is 0 Å². The van der Waals surface area contributed by atoms with Gasteiger partial charge in [-0.15, -0.1) is 0 Å². The molecule has 0 saturated heterocycles. The zero-order valence-electron chi connectivity index (χ0n) is 12.9. The Labute approximate surface area is 133 Å². The van der Waals surface area contributed by atoms with Gasteiger partial charge in [0.2, 0.25) is 0 Å². The SMILES string of the molecule is CC(=O)O.CC(=O)O.CCCCCCCC=O.[H-].[Na+]. The van der Waals surface area contributed by atoms with Crippen LogP contribution in [0.25, 0.3) is 0 Å². The van der Waals surface area contributed by atoms with Crippen LogP contribution in [0.1, 0.15) is 60.7 Å². The first kappa shape index (κ1) is 26.2. The van der Waals surface area contributed by atoms with E-state index in [-0.39, 0.29) is 31.0 Å². The first-order valence-electron chi connectivity index (χ1n) is 5.71. The van der Waals surface area contributed by atoms with E-state index in [1.807, 2.05) is 0 Å². The summed E-state index contributed by atoms with van der Waals surface area (Å²) in [7, 11) is 0. The van der Waals surface area contributed by atoms with Crippen molar-refractivity contribution in [2.75, 3.05) is 0 Å². The Bertz CT molecular complexity index is 181. The average molecular weight is 272 g/mol. The fourth-order valence-electron chi connectivity index (χ4n) is 0.831. The predicted molar refractivity (Wildman–Crippen MR) is 67.2 cm³/mol. The molecule has 0 fully saturated rings. The summed E-state index contributed by atoms with van der Waals surface area (Å²) in [5.41, 5.74) is 0. The monoisotopic (exact) mass is 272 g/mol. The number of carbonyl (C=O) groups is 3. The molecule has 0 spiro atoms. The van der Waals surface area contributed by atoms with Gasteiger partial charge in [-0.25, -0.2) is 0 Å². The number of carboxylic acids is 2. The van der Waals surface area contributed by atoms with Gasteiger partial charge < -0.3 is 16.4 Å². The minimum absolute atomic E-state index is 0. The summed E-state index contributed by atoms with van der Waals surface area (Å²) in [5, 5.41) is 14.8. The van der Waals surface area contributed by atoms with Crippen molar-refractivity contribution in [3.8, 4) is 0 Å². The molecule has 0 aromatic heterocycles. The van der Waals surface area contributed by atoms with Gasteiger partial charge in [0.25, 0.3) is 11.9 Å². The topological polar surface area (TPSA) is 91.7 Å². The van der Waals surface area contributed by atoms with E-state index in [4.69, 9.17) is 19.8 Å². The molecule has 0 aliphatic carbocycles. The first-order valence-corrected chi connectivity index (χ1v) is 5.71. The number of unbranched alkanes of at least 4 members (excludes halogenated alkanes) is 5. The molecule has 0 heterocycles. The third-order valence-corrected chi connectivity index (χ3v) is 1.43. The Balaban J connectivity index is -0.0000000560. The van der Waals surface area contributed by atoms with E-state index in [9.17, 15) is 4.79 Å². The van der Waals surface area contributed by atoms with Gasteiger partial charge in [0.05, 0.1) is 0 Å². The van der Waals surface area contributed by atoms with E-state index in [1.54, 1.807) is 0 Å². The molecule has 0 atom stereocenters. The van der Waals surface area contributed by atoms with E-state index >= 15 is 0 Å². The van der Waals surface area contributed by atoms with E-state index in [1.165, 1.54) is 25.7 Å². The van der Waals surface area contributed by atoms with Crippen molar-refractivity contribution in [1.29, 1.82) is 0 Å². The molecule has 0 amide bonds. The molecular weight excluding hydrogens is 247 g/mol. The number of hydrogen-bond donors (Lipinski definition) is 2. The third-order valence-electron chi connectivity index (χ3n) is 1.43. The van der Waals surface area contributed by atoms with Crippen LogP contribution in [0.4, 0.5) is 0 Å². The van der Waals surface area contributed by atoms with Crippen molar-refractivity contribution < 1.29 is 55.6 Å². The Morgan fingerprint density at radius 3 is 1.61 bits per heavy atom. The Hall–Kier alpha value is -0.390. The van der Waals surface area contributed by atoms with Crippen LogP contribution in [-0.4, -0.2) is 28.4 Å². The summed E-state index contributed by atoms with van der Waals surface area (Å²) < 4.78 is 0. The van der Waals surface area contributed by atoms with Gasteiger partial charge in [0.15, 0.2) is 0 Å². The molecule has 0 unspecified atom stereocenters. The Morgan fingerprint density at radius 2 is 1.33 bits per heavy atom. The predicted octanol–water partition coefficient (Wildman–Crippen LogP) is -0.156. The molecule has 0 aromatic carbocycles. The second kappa shape index (κ2) is 25.5. The zero-order chi connectivity index (χ0) is 14.1. The maximum atomic E-state index is 9.84. The summed E-state index contributed by atoms with van der Waals surface area (Å²) in [6, 6.07) is 0. The van der Waals surface area contributed by atoms with Crippen molar-refractivity contribution in [1.82, 2.24) is 0 Å². The van der Waals surface area contributed by atoms with Crippen molar-refractivity contribution in [3.63, 3.8) is 0 Å². The van der Waals surface area contributed by atoms with Crippen LogP contribution in [0.3, 0.4) is 0 Å². The summed E-state index contributed by atoms with van der Waals surface area (Å²) >= 11 is 0. The van der Waals surface area contributed by atoms with Crippen LogP contribution in [0.2, 0.25) is 0 Å². The Morgan fingerprint density at radius 1 is 1.00 bits per heavy atom. The molecule has 0 aromatic rings. The van der Waals surface area contributed by atoms with Gasteiger partial charge in [0, 0.05) is 20.3 Å². The summed E-state index contributed by atoms with van der Waals surface area (Å²) in [5.74, 6) is -1.67. The average Bonchev–Trinajstić information content (AvgIpc) is 2.16. The van der Waals surface area contributed by atoms with Crippen LogP contribution in [0.15, 0.2) is 0 Å². The van der Waals surface area contributed by atoms with E-state index < -0.39 is 11.9 Å². The van der Waals surface area contributed by atoms with Crippen molar-refractivity contribution in [3.05, 3.63) is 0 Å². The standard InChI is InChI=1S/C8H16O.2C2H4O2.Na.H/c1-2-3-4-5-6-7-8-9;2*1-2(3)4;;/h8H,2-7H2,1H3;2*1H3,(H,3,4);;/q;;;+1;-1. The molecule has 6 heteroatoms. The molecule has 0 radical (unpaired) electrons. The van der Waals surface area contributed by atoms with E-state index in [0.29, 0.717) is 0 Å². The summed E-state index contributed by atoms with van der Waals surface area (Å²) in [6.07, 6.45) is 7.97. The molecule has 0 aliphatic heterocycles. The molecule has 2 N–H and O–H groups in total. The number of hydrogen-bond acceptors (Lipinski definition) is 3. The van der Waals surface area contributed by atoms with Gasteiger partial charge in [-0.05, 0) is 6.42 Å². The Kier molecular flexibility index (Phi) is 37.1. The number of aldehydes is 1. The second-order valence-corrected chi connectivity index (χ2v) is 3.41. The van der Waals surface area contributed by atoms with Gasteiger partial charge in [-0.1, -0.05) is 32.6 Å². The summed E-state index contributed by atoms with van der Waals surface area (Å²) in [6.45, 7) is 4.36. The minimum atomic E-state index is -0.833. The van der Waals surface area contributed by atoms with Crippen LogP contribution >= 0.6 is 0 Å². The van der Waals surface area contributed by atoms with Gasteiger partial charge in [-0.3, -0.25) is 9.59 Å². The maximum absolute atomic E-state index is 9.84. The molecule has 0 saturated carbocycles. The van der Waals surface area contributed by atoms with Gasteiger partial charge in [-0.2, -0.15) is 0 Å². The molecular formula is C12H25NaO5. The van der Waals surface area contributed by atoms with Crippen LogP contribution in [0.5, 0.6) is 0 Å². The van der Waals surface area contributed by atoms with Crippen LogP contribution < -0.4 is 29.6 Å². The smallest absolute Gasteiger partial charge is 1.00 e. The minimum Gasteiger partial charge on any atom is -1.00 e. The molecule has 0 aliphatic rings. The zero-order valence-corrected chi connectivity index (χ0v) is 13.9. The maximum Gasteiger partial charge on any atom is 1.00 e. The fourth-order valence-corrected chi connectivity index (χ4v) is 0.831. The second-order valence-electron chi connectivity index (χ2n) is 3.41. The largest absolute Gasteiger partial charge is 1.00 e. The summed E-state index contributed by atoms with van der Waals surface area (Å²) in [4.78, 5) is 27.8. The number of aliphatic carboxylic acids is 2. The van der Waals surface area contributed by atoms with Gasteiger partial charge in [0.1, 0.15) is 6.29 Å². The normalized spacial score (nSPS) is 7.50. The van der Waals surface area contributed by atoms with E-state index in [2.05, 4.69) is 6.92 Å². The van der Waals surface area contributed by atoms with Gasteiger partial charge >= 0.3 is 29.6 Å². The molecule has 5 nitrogen and oxygen atoms in total. The molecule has 104 valence electrons. The van der Waals surface area contributed by atoms with Crippen LogP contribution in [0, 0.1) is 0 Å². The quantitative estimate of drug-likeness (QED) is 0.398. The number of carbonyl (C=O) groups excluding carboxylic acids is 1. The van der Waals surface area contributed by atoms with Crippen LogP contribution in [-0.2, 0) is 14.4 Å². The fraction of sp³-hybridized carbons (Fsp3) is 0.750. The molecule has 0 bridgehead atoms. The number of rotatable bonds is 6. The molecule has 18 heavy (non-hydrogen) atoms. The third kappa shape index (κ3) is 106. The number of carboxylic acid groups (broad SMARTS) is 2. The van der Waals surface area contributed by atoms with Crippen molar-refractivity contribution >= 4 is 18.2 Å². The van der Waals surface area contributed by atoms with E-state index in [0.717, 1.165) is 33.0 Å². The first-order chi connectivity index (χ1) is 7.88. The molecule has 0 rings (SSSR count). The van der Waals surface area contributed by atoms with Crippen molar-refractivity contribution in [2.45, 2.75) is 59.3 Å².